The predicted molar refractivity (Wildman–Crippen MR) is 67.0 cm³/mol. The summed E-state index contributed by atoms with van der Waals surface area (Å²) in [5, 5.41) is 3.23. The number of hydrogen-bond acceptors (Lipinski definition) is 2. The van der Waals surface area contributed by atoms with Crippen molar-refractivity contribution in [2.24, 2.45) is 0 Å². The number of benzene rings is 1. The van der Waals surface area contributed by atoms with E-state index >= 15 is 0 Å². The van der Waals surface area contributed by atoms with Gasteiger partial charge in [-0.15, -0.1) is 0 Å². The Morgan fingerprint density at radius 2 is 2.00 bits per heavy atom. The highest BCUT2D eigenvalue weighted by Gasteiger charge is 2.26. The first-order chi connectivity index (χ1) is 9.44. The Morgan fingerprint density at radius 1 is 1.25 bits per heavy atom. The first kappa shape index (κ1) is 15.1. The molecule has 0 aromatic heterocycles. The Bertz CT molecular complexity index is 443. The van der Waals surface area contributed by atoms with Crippen LogP contribution in [0.25, 0.3) is 0 Å². The molecule has 0 aliphatic heterocycles. The van der Waals surface area contributed by atoms with E-state index in [0.29, 0.717) is 23.9 Å². The van der Waals surface area contributed by atoms with Crippen LogP contribution in [0.1, 0.15) is 31.2 Å². The summed E-state index contributed by atoms with van der Waals surface area (Å²) in [7, 11) is 0. The third-order valence-electron chi connectivity index (χ3n) is 3.04. The summed E-state index contributed by atoms with van der Waals surface area (Å²) in [6.45, 7) is 0.443. The Hall–Kier alpha value is -1.30. The third-order valence-corrected chi connectivity index (χ3v) is 3.04. The minimum absolute atomic E-state index is 0.0262. The summed E-state index contributed by atoms with van der Waals surface area (Å²) in [6, 6.07) is 4.54. The van der Waals surface area contributed by atoms with Gasteiger partial charge in [0, 0.05) is 24.6 Å². The molecule has 1 aromatic carbocycles. The smallest absolute Gasteiger partial charge is 0.389 e. The maximum Gasteiger partial charge on any atom is 0.389 e. The molecule has 0 unspecified atom stereocenters. The van der Waals surface area contributed by atoms with Gasteiger partial charge in [-0.1, -0.05) is 0 Å². The summed E-state index contributed by atoms with van der Waals surface area (Å²) in [4.78, 5) is 0. The van der Waals surface area contributed by atoms with Crippen molar-refractivity contribution in [3.63, 3.8) is 0 Å². The van der Waals surface area contributed by atoms with Crippen molar-refractivity contribution < 1.29 is 22.3 Å². The molecular weight excluding hydrogens is 274 g/mol. The molecule has 1 aromatic rings. The normalized spacial score (nSPS) is 15.4. The molecule has 0 saturated heterocycles. The lowest BCUT2D eigenvalue weighted by Gasteiger charge is -2.13. The van der Waals surface area contributed by atoms with Crippen molar-refractivity contribution in [1.82, 2.24) is 5.32 Å². The largest absolute Gasteiger partial charge is 0.493 e. The third kappa shape index (κ3) is 5.36. The predicted octanol–water partition coefficient (Wildman–Crippen LogP) is 3.80. The fourth-order valence-corrected chi connectivity index (χ4v) is 1.82. The molecule has 2 rings (SSSR count). The molecule has 0 atom stereocenters. The van der Waals surface area contributed by atoms with Crippen LogP contribution in [0, 0.1) is 5.82 Å². The van der Waals surface area contributed by atoms with Crippen LogP contribution in [-0.4, -0.2) is 18.8 Å². The van der Waals surface area contributed by atoms with Gasteiger partial charge in [-0.2, -0.15) is 13.2 Å². The molecule has 1 saturated carbocycles. The average Bonchev–Trinajstić information content (AvgIpc) is 3.16. The molecule has 1 N–H and O–H groups in total. The second kappa shape index (κ2) is 6.43. The molecule has 112 valence electrons. The van der Waals surface area contributed by atoms with Crippen LogP contribution < -0.4 is 10.1 Å². The quantitative estimate of drug-likeness (QED) is 0.609. The standard InChI is InChI=1S/C14H17F4NO/c15-11-2-5-13(20-7-1-6-14(16,17)18)10(8-11)9-19-12-3-4-12/h2,5,8,12,19H,1,3-4,6-7,9H2. The zero-order valence-electron chi connectivity index (χ0n) is 11.0. The zero-order chi connectivity index (χ0) is 14.6. The summed E-state index contributed by atoms with van der Waals surface area (Å²) >= 11 is 0. The van der Waals surface area contributed by atoms with Crippen molar-refractivity contribution in [2.75, 3.05) is 6.61 Å². The number of alkyl halides is 3. The van der Waals surface area contributed by atoms with Crippen LogP contribution in [0.2, 0.25) is 0 Å². The Morgan fingerprint density at radius 3 is 2.65 bits per heavy atom. The van der Waals surface area contributed by atoms with E-state index in [1.54, 1.807) is 0 Å². The molecule has 1 aliphatic carbocycles. The monoisotopic (exact) mass is 291 g/mol. The van der Waals surface area contributed by atoms with Crippen LogP contribution >= 0.6 is 0 Å². The Kier molecular flexibility index (Phi) is 4.86. The number of hydrogen-bond donors (Lipinski definition) is 1. The van der Waals surface area contributed by atoms with Gasteiger partial charge in [-0.25, -0.2) is 4.39 Å². The van der Waals surface area contributed by atoms with Gasteiger partial charge in [0.05, 0.1) is 6.61 Å². The second-order valence-electron chi connectivity index (χ2n) is 4.97. The van der Waals surface area contributed by atoms with Crippen LogP contribution in [0.3, 0.4) is 0 Å². The van der Waals surface area contributed by atoms with E-state index in [-0.39, 0.29) is 18.8 Å². The summed E-state index contributed by atoms with van der Waals surface area (Å²) in [5.41, 5.74) is 0.643. The van der Waals surface area contributed by atoms with Crippen molar-refractivity contribution in [3.8, 4) is 5.75 Å². The topological polar surface area (TPSA) is 21.3 Å². The van der Waals surface area contributed by atoms with Gasteiger partial charge in [-0.3, -0.25) is 0 Å². The van der Waals surface area contributed by atoms with Gasteiger partial charge in [0.2, 0.25) is 0 Å². The fourth-order valence-electron chi connectivity index (χ4n) is 1.82. The summed E-state index contributed by atoms with van der Waals surface area (Å²) < 4.78 is 54.6. The molecule has 0 bridgehead atoms. The molecular formula is C14H17F4NO. The van der Waals surface area contributed by atoms with Crippen molar-refractivity contribution in [1.29, 1.82) is 0 Å². The molecule has 0 amide bonds. The van der Waals surface area contributed by atoms with E-state index < -0.39 is 12.6 Å². The Labute approximate surface area is 115 Å². The summed E-state index contributed by atoms with van der Waals surface area (Å²) in [5.74, 6) is 0.0713. The van der Waals surface area contributed by atoms with Crippen LogP contribution in [-0.2, 0) is 6.54 Å². The lowest BCUT2D eigenvalue weighted by Crippen LogP contribution is -2.16. The molecule has 6 heteroatoms. The molecule has 0 spiro atoms. The first-order valence-corrected chi connectivity index (χ1v) is 6.65. The summed E-state index contributed by atoms with van der Waals surface area (Å²) in [6.07, 6.45) is -2.92. The first-order valence-electron chi connectivity index (χ1n) is 6.65. The highest BCUT2D eigenvalue weighted by atomic mass is 19.4. The van der Waals surface area contributed by atoms with E-state index in [2.05, 4.69) is 5.32 Å². The van der Waals surface area contributed by atoms with Crippen LogP contribution in [0.5, 0.6) is 5.75 Å². The number of nitrogens with one attached hydrogen (secondary N) is 1. The van der Waals surface area contributed by atoms with Crippen molar-refractivity contribution >= 4 is 0 Å². The molecule has 20 heavy (non-hydrogen) atoms. The van der Waals surface area contributed by atoms with Gasteiger partial charge in [0.15, 0.2) is 0 Å². The van der Waals surface area contributed by atoms with Crippen molar-refractivity contribution in [2.45, 2.75) is 44.4 Å². The van der Waals surface area contributed by atoms with Crippen LogP contribution in [0.15, 0.2) is 18.2 Å². The number of ether oxygens (including phenoxy) is 1. The fraction of sp³-hybridized carbons (Fsp3) is 0.571. The van der Waals surface area contributed by atoms with Crippen LogP contribution in [0.4, 0.5) is 17.6 Å². The average molecular weight is 291 g/mol. The number of rotatable bonds is 7. The van der Waals surface area contributed by atoms with Gasteiger partial charge in [-0.05, 0) is 37.5 Å². The maximum absolute atomic E-state index is 13.2. The van der Waals surface area contributed by atoms with E-state index in [1.165, 1.54) is 18.2 Å². The molecule has 0 radical (unpaired) electrons. The van der Waals surface area contributed by atoms with Gasteiger partial charge in [0.1, 0.15) is 11.6 Å². The lowest BCUT2D eigenvalue weighted by molar-refractivity contribution is -0.136. The van der Waals surface area contributed by atoms with E-state index in [0.717, 1.165) is 12.8 Å². The maximum atomic E-state index is 13.2. The molecule has 0 heterocycles. The van der Waals surface area contributed by atoms with Gasteiger partial charge < -0.3 is 10.1 Å². The minimum Gasteiger partial charge on any atom is -0.493 e. The SMILES string of the molecule is Fc1ccc(OCCCC(F)(F)F)c(CNC2CC2)c1. The zero-order valence-corrected chi connectivity index (χ0v) is 11.0. The van der Waals surface area contributed by atoms with E-state index in [4.69, 9.17) is 4.74 Å². The van der Waals surface area contributed by atoms with Gasteiger partial charge in [0.25, 0.3) is 0 Å². The lowest BCUT2D eigenvalue weighted by atomic mass is 10.2. The highest BCUT2D eigenvalue weighted by Crippen LogP contribution is 2.25. The molecule has 1 fully saturated rings. The molecule has 2 nitrogen and oxygen atoms in total. The number of halogens is 4. The second-order valence-corrected chi connectivity index (χ2v) is 4.97. The van der Waals surface area contributed by atoms with Gasteiger partial charge >= 0.3 is 6.18 Å². The molecule has 1 aliphatic rings. The highest BCUT2D eigenvalue weighted by molar-refractivity contribution is 5.34. The van der Waals surface area contributed by atoms with Crippen molar-refractivity contribution in [3.05, 3.63) is 29.6 Å². The Balaban J connectivity index is 1.85. The van der Waals surface area contributed by atoms with E-state index in [9.17, 15) is 17.6 Å². The van der Waals surface area contributed by atoms with E-state index in [1.807, 2.05) is 0 Å². The minimum atomic E-state index is -4.16.